The first-order valence-corrected chi connectivity index (χ1v) is 5.76. The van der Waals surface area contributed by atoms with Gasteiger partial charge in [-0.3, -0.25) is 0 Å². The molecule has 0 spiro atoms. The predicted octanol–water partition coefficient (Wildman–Crippen LogP) is 2.65. The Balaban J connectivity index is 2.16. The van der Waals surface area contributed by atoms with E-state index >= 15 is 0 Å². The zero-order valence-electron chi connectivity index (χ0n) is 8.89. The maximum Gasteiger partial charge on any atom is 0.119 e. The van der Waals surface area contributed by atoms with Crippen LogP contribution in [-0.2, 0) is 6.42 Å². The Hall–Kier alpha value is -0.730. The van der Waals surface area contributed by atoms with Gasteiger partial charge in [-0.05, 0) is 56.0 Å². The molecule has 0 aromatic heterocycles. The topological polar surface area (TPSA) is 32.3 Å². The molecule has 1 unspecified atom stereocenters. The Morgan fingerprint density at radius 3 is 3.00 bits per heavy atom. The summed E-state index contributed by atoms with van der Waals surface area (Å²) in [6, 6.07) is 4.12. The third-order valence-electron chi connectivity index (χ3n) is 2.99. The summed E-state index contributed by atoms with van der Waals surface area (Å²) in [7, 11) is 0. The first-order valence-electron chi connectivity index (χ1n) is 5.38. The van der Waals surface area contributed by atoms with Crippen molar-refractivity contribution >= 4 is 11.6 Å². The van der Waals surface area contributed by atoms with Gasteiger partial charge in [0, 0.05) is 11.1 Å². The van der Waals surface area contributed by atoms with Gasteiger partial charge in [0.15, 0.2) is 0 Å². The normalized spacial score (nSPS) is 20.8. The Morgan fingerprint density at radius 1 is 1.53 bits per heavy atom. The van der Waals surface area contributed by atoms with E-state index in [1.165, 1.54) is 12.8 Å². The van der Waals surface area contributed by atoms with Gasteiger partial charge in [0.2, 0.25) is 0 Å². The van der Waals surface area contributed by atoms with Crippen molar-refractivity contribution in [1.29, 1.82) is 0 Å². The van der Waals surface area contributed by atoms with Gasteiger partial charge in [0.1, 0.15) is 5.75 Å². The number of aromatic hydroxyl groups is 1. The van der Waals surface area contributed by atoms with Crippen LogP contribution < -0.4 is 5.32 Å². The summed E-state index contributed by atoms with van der Waals surface area (Å²) in [4.78, 5) is 0. The molecule has 1 fully saturated rings. The quantitative estimate of drug-likeness (QED) is 0.811. The molecule has 1 atom stereocenters. The van der Waals surface area contributed by atoms with Gasteiger partial charge in [-0.2, -0.15) is 0 Å². The molecule has 3 heteroatoms. The molecular weight excluding hydrogens is 210 g/mol. The van der Waals surface area contributed by atoms with E-state index < -0.39 is 0 Å². The molecule has 2 rings (SSSR count). The molecule has 82 valence electrons. The fourth-order valence-electron chi connectivity index (χ4n) is 2.07. The van der Waals surface area contributed by atoms with E-state index in [4.69, 9.17) is 11.6 Å². The van der Waals surface area contributed by atoms with Crippen molar-refractivity contribution in [2.24, 2.45) is 0 Å². The smallest absolute Gasteiger partial charge is 0.119 e. The lowest BCUT2D eigenvalue weighted by Crippen LogP contribution is -2.23. The molecule has 1 aliphatic heterocycles. The first-order chi connectivity index (χ1) is 7.16. The number of benzene rings is 1. The van der Waals surface area contributed by atoms with Crippen molar-refractivity contribution in [2.75, 3.05) is 6.54 Å². The largest absolute Gasteiger partial charge is 0.508 e. The third kappa shape index (κ3) is 2.44. The zero-order chi connectivity index (χ0) is 10.8. The Morgan fingerprint density at radius 2 is 2.33 bits per heavy atom. The first kappa shape index (κ1) is 10.8. The summed E-state index contributed by atoms with van der Waals surface area (Å²) in [5.74, 6) is 0.366. The molecule has 0 saturated carbocycles. The molecule has 1 aromatic rings. The van der Waals surface area contributed by atoms with Crippen molar-refractivity contribution in [2.45, 2.75) is 32.2 Å². The summed E-state index contributed by atoms with van der Waals surface area (Å²) in [6.07, 6.45) is 3.28. The molecule has 1 heterocycles. The van der Waals surface area contributed by atoms with Gasteiger partial charge in [-0.15, -0.1) is 0 Å². The van der Waals surface area contributed by atoms with Crippen LogP contribution in [0, 0.1) is 6.92 Å². The summed E-state index contributed by atoms with van der Waals surface area (Å²) in [6.45, 7) is 2.99. The van der Waals surface area contributed by atoms with Gasteiger partial charge in [-0.25, -0.2) is 0 Å². The van der Waals surface area contributed by atoms with Crippen LogP contribution in [0.15, 0.2) is 12.1 Å². The summed E-state index contributed by atoms with van der Waals surface area (Å²) >= 11 is 6.04. The van der Waals surface area contributed by atoms with Crippen molar-refractivity contribution in [3.63, 3.8) is 0 Å². The minimum atomic E-state index is 0.366. The second kappa shape index (κ2) is 4.42. The van der Waals surface area contributed by atoms with Crippen LogP contribution in [0.2, 0.25) is 5.02 Å². The maximum atomic E-state index is 9.79. The number of hydrogen-bond acceptors (Lipinski definition) is 2. The van der Waals surface area contributed by atoms with Gasteiger partial charge < -0.3 is 10.4 Å². The van der Waals surface area contributed by atoms with Crippen LogP contribution >= 0.6 is 11.6 Å². The van der Waals surface area contributed by atoms with Crippen molar-refractivity contribution in [3.05, 3.63) is 28.3 Å². The van der Waals surface area contributed by atoms with Crippen LogP contribution in [0.4, 0.5) is 0 Å². The lowest BCUT2D eigenvalue weighted by Gasteiger charge is -2.12. The summed E-state index contributed by atoms with van der Waals surface area (Å²) in [5, 5.41) is 13.9. The van der Waals surface area contributed by atoms with E-state index in [2.05, 4.69) is 5.32 Å². The van der Waals surface area contributed by atoms with E-state index in [9.17, 15) is 5.11 Å². The van der Waals surface area contributed by atoms with Crippen molar-refractivity contribution < 1.29 is 5.11 Å². The lowest BCUT2D eigenvalue weighted by molar-refractivity contribution is 0.461. The molecule has 0 aliphatic carbocycles. The van der Waals surface area contributed by atoms with E-state index in [1.54, 1.807) is 6.07 Å². The Bertz CT molecular complexity index is 359. The fraction of sp³-hybridized carbons (Fsp3) is 0.500. The molecule has 2 nitrogen and oxygen atoms in total. The second-order valence-electron chi connectivity index (χ2n) is 4.23. The number of phenolic OH excluding ortho intramolecular Hbond substituents is 1. The minimum absolute atomic E-state index is 0.366. The summed E-state index contributed by atoms with van der Waals surface area (Å²) in [5.41, 5.74) is 1.88. The van der Waals surface area contributed by atoms with Gasteiger partial charge >= 0.3 is 0 Å². The zero-order valence-corrected chi connectivity index (χ0v) is 9.64. The highest BCUT2D eigenvalue weighted by Crippen LogP contribution is 2.27. The number of nitrogens with one attached hydrogen (secondary N) is 1. The molecule has 0 radical (unpaired) electrons. The van der Waals surface area contributed by atoms with Crippen molar-refractivity contribution in [1.82, 2.24) is 5.32 Å². The average Bonchev–Trinajstić information content (AvgIpc) is 2.67. The van der Waals surface area contributed by atoms with Crippen LogP contribution in [0.25, 0.3) is 0 Å². The summed E-state index contributed by atoms with van der Waals surface area (Å²) < 4.78 is 0. The molecule has 0 amide bonds. The lowest BCUT2D eigenvalue weighted by atomic mass is 10.0. The van der Waals surface area contributed by atoms with Crippen LogP contribution in [0.5, 0.6) is 5.75 Å². The second-order valence-corrected chi connectivity index (χ2v) is 4.63. The molecule has 0 bridgehead atoms. The van der Waals surface area contributed by atoms with Gasteiger partial charge in [-0.1, -0.05) is 11.6 Å². The number of hydrogen-bond donors (Lipinski definition) is 2. The van der Waals surface area contributed by atoms with Gasteiger partial charge in [0.25, 0.3) is 0 Å². The van der Waals surface area contributed by atoms with Crippen LogP contribution in [-0.4, -0.2) is 17.7 Å². The highest BCUT2D eigenvalue weighted by Gasteiger charge is 2.16. The number of halogens is 1. The highest BCUT2D eigenvalue weighted by molar-refractivity contribution is 6.31. The van der Waals surface area contributed by atoms with E-state index in [1.807, 2.05) is 13.0 Å². The van der Waals surface area contributed by atoms with Crippen molar-refractivity contribution in [3.8, 4) is 5.75 Å². The molecule has 1 saturated heterocycles. The van der Waals surface area contributed by atoms with E-state index in [0.717, 1.165) is 29.1 Å². The fourth-order valence-corrected chi connectivity index (χ4v) is 2.25. The number of aryl methyl sites for hydroxylation is 1. The number of rotatable bonds is 2. The SMILES string of the molecule is Cc1cc(O)c(CC2CCCN2)cc1Cl. The molecule has 15 heavy (non-hydrogen) atoms. The minimum Gasteiger partial charge on any atom is -0.508 e. The maximum absolute atomic E-state index is 9.79. The average molecular weight is 226 g/mol. The standard InChI is InChI=1S/C12H16ClNO/c1-8-5-12(15)9(7-11(8)13)6-10-3-2-4-14-10/h5,7,10,14-15H,2-4,6H2,1H3. The third-order valence-corrected chi connectivity index (χ3v) is 3.40. The van der Waals surface area contributed by atoms with E-state index in [-0.39, 0.29) is 0 Å². The molecule has 2 N–H and O–H groups in total. The molecular formula is C12H16ClNO. The molecule has 1 aliphatic rings. The monoisotopic (exact) mass is 225 g/mol. The molecule has 1 aromatic carbocycles. The van der Waals surface area contributed by atoms with Gasteiger partial charge in [0.05, 0.1) is 0 Å². The van der Waals surface area contributed by atoms with E-state index in [0.29, 0.717) is 11.8 Å². The highest BCUT2D eigenvalue weighted by atomic mass is 35.5. The number of phenols is 1. The Kier molecular flexibility index (Phi) is 3.17. The predicted molar refractivity (Wildman–Crippen MR) is 62.6 cm³/mol. The Labute approximate surface area is 95.3 Å². The van der Waals surface area contributed by atoms with Crippen LogP contribution in [0.3, 0.4) is 0 Å². The van der Waals surface area contributed by atoms with Crippen LogP contribution in [0.1, 0.15) is 24.0 Å².